The number of pyridine rings is 1. The Balaban J connectivity index is 1.47. The number of nitrogens with zero attached hydrogens (tertiary/aromatic N) is 1. The highest BCUT2D eigenvalue weighted by atomic mass is 32.2. The number of hydrogen-bond donors (Lipinski definition) is 2. The van der Waals surface area contributed by atoms with Crippen LogP contribution in [0.2, 0.25) is 0 Å². The van der Waals surface area contributed by atoms with Crippen molar-refractivity contribution in [3.05, 3.63) is 79.0 Å². The molecule has 2 N–H and O–H groups in total. The number of aromatic nitrogens is 1. The van der Waals surface area contributed by atoms with Gasteiger partial charge >= 0.3 is 0 Å². The highest BCUT2D eigenvalue weighted by Crippen LogP contribution is 2.17. The molecule has 1 heterocycles. The standard InChI is InChI=1S/C21H21N3O4S/c25-21(10-6-16-28-18-7-2-1-3-8-18)23-17-11-13-19(14-12-17)29(26,27)24-20-9-4-5-15-22-20/h1-5,7-9,11-15H,6,10,16H2,(H,22,24)(H,23,25). The van der Waals surface area contributed by atoms with Crippen molar-refractivity contribution in [2.24, 2.45) is 0 Å². The molecule has 0 aliphatic heterocycles. The average molecular weight is 411 g/mol. The minimum atomic E-state index is -3.74. The molecular weight excluding hydrogens is 390 g/mol. The second-order valence-corrected chi connectivity index (χ2v) is 7.84. The fourth-order valence-corrected chi connectivity index (χ4v) is 3.51. The number of rotatable bonds is 9. The molecular formula is C21H21N3O4S. The van der Waals surface area contributed by atoms with Crippen LogP contribution in [-0.4, -0.2) is 25.9 Å². The minimum absolute atomic E-state index is 0.0809. The molecule has 150 valence electrons. The van der Waals surface area contributed by atoms with Gasteiger partial charge in [-0.05, 0) is 55.0 Å². The number of benzene rings is 2. The Bertz CT molecular complexity index is 1020. The first-order valence-corrected chi connectivity index (χ1v) is 10.5. The number of amides is 1. The normalized spacial score (nSPS) is 10.9. The van der Waals surface area contributed by atoms with E-state index in [9.17, 15) is 13.2 Å². The molecule has 3 rings (SSSR count). The Labute approximate surface area is 169 Å². The van der Waals surface area contributed by atoms with Gasteiger partial charge in [0.15, 0.2) is 0 Å². The number of anilines is 2. The minimum Gasteiger partial charge on any atom is -0.494 e. The number of sulfonamides is 1. The van der Waals surface area contributed by atoms with E-state index in [0.717, 1.165) is 5.75 Å². The third-order valence-corrected chi connectivity index (χ3v) is 5.28. The van der Waals surface area contributed by atoms with Crippen LogP contribution < -0.4 is 14.8 Å². The van der Waals surface area contributed by atoms with Crippen molar-refractivity contribution < 1.29 is 17.9 Å². The highest BCUT2D eigenvalue weighted by Gasteiger charge is 2.14. The SMILES string of the molecule is O=C(CCCOc1ccccc1)Nc1ccc(S(=O)(=O)Nc2ccccn2)cc1. The van der Waals surface area contributed by atoms with Crippen LogP contribution in [0.15, 0.2) is 83.9 Å². The summed E-state index contributed by atoms with van der Waals surface area (Å²) >= 11 is 0. The van der Waals surface area contributed by atoms with Gasteiger partial charge in [-0.25, -0.2) is 13.4 Å². The molecule has 3 aromatic rings. The molecule has 0 aliphatic carbocycles. The van der Waals surface area contributed by atoms with E-state index >= 15 is 0 Å². The molecule has 0 radical (unpaired) electrons. The van der Waals surface area contributed by atoms with Gasteiger partial charge in [-0.1, -0.05) is 24.3 Å². The Morgan fingerprint density at radius 3 is 2.34 bits per heavy atom. The molecule has 29 heavy (non-hydrogen) atoms. The number of para-hydroxylation sites is 1. The first kappa shape index (κ1) is 20.3. The highest BCUT2D eigenvalue weighted by molar-refractivity contribution is 7.92. The lowest BCUT2D eigenvalue weighted by Crippen LogP contribution is -2.15. The van der Waals surface area contributed by atoms with Gasteiger partial charge in [0.1, 0.15) is 11.6 Å². The molecule has 0 fully saturated rings. The van der Waals surface area contributed by atoms with E-state index in [4.69, 9.17) is 4.74 Å². The number of hydrogen-bond acceptors (Lipinski definition) is 5. The van der Waals surface area contributed by atoms with Crippen LogP contribution >= 0.6 is 0 Å². The van der Waals surface area contributed by atoms with Crippen molar-refractivity contribution in [2.75, 3.05) is 16.6 Å². The number of carbonyl (C=O) groups excluding carboxylic acids is 1. The van der Waals surface area contributed by atoms with Gasteiger partial charge in [-0.15, -0.1) is 0 Å². The van der Waals surface area contributed by atoms with Crippen molar-refractivity contribution in [1.82, 2.24) is 4.98 Å². The molecule has 0 spiro atoms. The maximum Gasteiger partial charge on any atom is 0.263 e. The lowest BCUT2D eigenvalue weighted by atomic mass is 10.2. The third kappa shape index (κ3) is 6.32. The zero-order valence-electron chi connectivity index (χ0n) is 15.6. The van der Waals surface area contributed by atoms with Crippen molar-refractivity contribution >= 4 is 27.4 Å². The molecule has 0 saturated carbocycles. The van der Waals surface area contributed by atoms with E-state index < -0.39 is 10.0 Å². The van der Waals surface area contributed by atoms with Crippen LogP contribution in [0.4, 0.5) is 11.5 Å². The van der Waals surface area contributed by atoms with Crippen molar-refractivity contribution in [2.45, 2.75) is 17.7 Å². The summed E-state index contributed by atoms with van der Waals surface area (Å²) in [6, 6.07) is 20.3. The maximum absolute atomic E-state index is 12.4. The topological polar surface area (TPSA) is 97.4 Å². The lowest BCUT2D eigenvalue weighted by molar-refractivity contribution is -0.116. The van der Waals surface area contributed by atoms with Crippen LogP contribution in [0.25, 0.3) is 0 Å². The first-order valence-electron chi connectivity index (χ1n) is 9.04. The summed E-state index contributed by atoms with van der Waals surface area (Å²) in [7, 11) is -3.74. The molecule has 2 aromatic carbocycles. The maximum atomic E-state index is 12.4. The molecule has 0 unspecified atom stereocenters. The number of carbonyl (C=O) groups is 1. The molecule has 0 atom stereocenters. The van der Waals surface area contributed by atoms with Gasteiger partial charge in [-0.3, -0.25) is 9.52 Å². The Hall–Kier alpha value is -3.39. The summed E-state index contributed by atoms with van der Waals surface area (Å²) in [6.45, 7) is 0.438. The van der Waals surface area contributed by atoms with Gasteiger partial charge < -0.3 is 10.1 Å². The van der Waals surface area contributed by atoms with Crippen LogP contribution in [0.5, 0.6) is 5.75 Å². The summed E-state index contributed by atoms with van der Waals surface area (Å²) in [5.74, 6) is 0.843. The summed E-state index contributed by atoms with van der Waals surface area (Å²) in [6.07, 6.45) is 2.37. The van der Waals surface area contributed by atoms with E-state index in [1.807, 2.05) is 30.3 Å². The second kappa shape index (κ2) is 9.70. The van der Waals surface area contributed by atoms with Crippen molar-refractivity contribution in [1.29, 1.82) is 0 Å². The first-order chi connectivity index (χ1) is 14.0. The quantitative estimate of drug-likeness (QED) is 0.524. The van der Waals surface area contributed by atoms with Crippen LogP contribution in [0, 0.1) is 0 Å². The fourth-order valence-electron chi connectivity index (χ4n) is 2.50. The van der Waals surface area contributed by atoms with E-state index in [-0.39, 0.29) is 16.6 Å². The molecule has 8 heteroatoms. The molecule has 1 aromatic heterocycles. The molecule has 0 bridgehead atoms. The largest absolute Gasteiger partial charge is 0.494 e. The Morgan fingerprint density at radius 2 is 1.66 bits per heavy atom. The van der Waals surface area contributed by atoms with E-state index in [0.29, 0.717) is 25.1 Å². The van der Waals surface area contributed by atoms with E-state index in [1.54, 1.807) is 30.3 Å². The van der Waals surface area contributed by atoms with E-state index in [2.05, 4.69) is 15.0 Å². The lowest BCUT2D eigenvalue weighted by Gasteiger charge is -2.09. The Kier molecular flexibility index (Phi) is 6.80. The molecule has 0 saturated heterocycles. The number of nitrogens with one attached hydrogen (secondary N) is 2. The third-order valence-electron chi connectivity index (χ3n) is 3.91. The van der Waals surface area contributed by atoms with Gasteiger partial charge in [-0.2, -0.15) is 0 Å². The van der Waals surface area contributed by atoms with Crippen LogP contribution in [0.3, 0.4) is 0 Å². The predicted molar refractivity (Wildman–Crippen MR) is 111 cm³/mol. The number of ether oxygens (including phenoxy) is 1. The summed E-state index contributed by atoms with van der Waals surface area (Å²) in [5, 5.41) is 2.75. The molecule has 1 amide bonds. The summed E-state index contributed by atoms with van der Waals surface area (Å²) in [5.41, 5.74) is 0.524. The summed E-state index contributed by atoms with van der Waals surface area (Å²) in [4.78, 5) is 16.1. The van der Waals surface area contributed by atoms with Gasteiger partial charge in [0.2, 0.25) is 5.91 Å². The van der Waals surface area contributed by atoms with Crippen molar-refractivity contribution in [3.63, 3.8) is 0 Å². The smallest absolute Gasteiger partial charge is 0.263 e. The van der Waals surface area contributed by atoms with Gasteiger partial charge in [0.05, 0.1) is 11.5 Å². The van der Waals surface area contributed by atoms with Crippen LogP contribution in [-0.2, 0) is 14.8 Å². The zero-order chi connectivity index (χ0) is 20.5. The summed E-state index contributed by atoms with van der Waals surface area (Å²) < 4.78 is 32.7. The van der Waals surface area contributed by atoms with Crippen molar-refractivity contribution in [3.8, 4) is 5.75 Å². The Morgan fingerprint density at radius 1 is 0.931 bits per heavy atom. The van der Waals surface area contributed by atoms with E-state index in [1.165, 1.54) is 18.3 Å². The molecule has 7 nitrogen and oxygen atoms in total. The second-order valence-electron chi connectivity index (χ2n) is 6.16. The monoisotopic (exact) mass is 411 g/mol. The fraction of sp³-hybridized carbons (Fsp3) is 0.143. The van der Waals surface area contributed by atoms with Gasteiger partial charge in [0, 0.05) is 18.3 Å². The zero-order valence-corrected chi connectivity index (χ0v) is 16.4. The predicted octanol–water partition coefficient (Wildman–Crippen LogP) is 3.68. The molecule has 0 aliphatic rings. The van der Waals surface area contributed by atoms with Crippen LogP contribution in [0.1, 0.15) is 12.8 Å². The van der Waals surface area contributed by atoms with Gasteiger partial charge in [0.25, 0.3) is 10.0 Å². The average Bonchev–Trinajstić information content (AvgIpc) is 2.73.